The Balaban J connectivity index is 1.61. The van der Waals surface area contributed by atoms with Crippen molar-refractivity contribution in [3.05, 3.63) is 44.6 Å². The van der Waals surface area contributed by atoms with E-state index in [-0.39, 0.29) is 11.7 Å². The number of halogens is 3. The van der Waals surface area contributed by atoms with Gasteiger partial charge in [0, 0.05) is 16.5 Å². The average molecular weight is 411 g/mol. The predicted molar refractivity (Wildman–Crippen MR) is 96.9 cm³/mol. The summed E-state index contributed by atoms with van der Waals surface area (Å²) >= 11 is 1.37. The van der Waals surface area contributed by atoms with E-state index in [9.17, 15) is 22.8 Å². The summed E-state index contributed by atoms with van der Waals surface area (Å²) in [5, 5.41) is 3.93. The lowest BCUT2D eigenvalue weighted by Gasteiger charge is -2.12. The minimum atomic E-state index is -4.58. The molecule has 148 valence electrons. The van der Waals surface area contributed by atoms with Gasteiger partial charge in [-0.05, 0) is 38.8 Å². The van der Waals surface area contributed by atoms with Crippen molar-refractivity contribution < 1.29 is 18.0 Å². The van der Waals surface area contributed by atoms with Crippen molar-refractivity contribution >= 4 is 27.5 Å². The summed E-state index contributed by atoms with van der Waals surface area (Å²) in [6.45, 7) is 3.00. The average Bonchev–Trinajstić information content (AvgIpc) is 3.23. The number of fused-ring (bicyclic) bond motifs is 1. The van der Waals surface area contributed by atoms with Gasteiger partial charge >= 0.3 is 6.18 Å². The fourth-order valence-electron chi connectivity index (χ4n) is 3.03. The van der Waals surface area contributed by atoms with Gasteiger partial charge in [0.2, 0.25) is 0 Å². The molecule has 1 aliphatic rings. The van der Waals surface area contributed by atoms with Crippen LogP contribution in [0.3, 0.4) is 0 Å². The highest BCUT2D eigenvalue weighted by Gasteiger charge is 2.38. The van der Waals surface area contributed by atoms with Crippen LogP contribution in [0.25, 0.3) is 10.2 Å². The monoisotopic (exact) mass is 411 g/mol. The van der Waals surface area contributed by atoms with Crippen LogP contribution in [-0.4, -0.2) is 25.3 Å². The van der Waals surface area contributed by atoms with Crippen LogP contribution in [-0.2, 0) is 17.5 Å². The molecule has 3 aromatic heterocycles. The Labute approximate surface area is 160 Å². The first kappa shape index (κ1) is 18.7. The van der Waals surface area contributed by atoms with Crippen LogP contribution in [0.15, 0.2) is 16.9 Å². The molecule has 0 aromatic carbocycles. The third kappa shape index (κ3) is 3.41. The quantitative estimate of drug-likeness (QED) is 0.716. The summed E-state index contributed by atoms with van der Waals surface area (Å²) in [5.41, 5.74) is 1.36. The number of alkyl halides is 3. The molecule has 28 heavy (non-hydrogen) atoms. The van der Waals surface area contributed by atoms with E-state index in [2.05, 4.69) is 15.5 Å². The zero-order valence-electron chi connectivity index (χ0n) is 15.0. The van der Waals surface area contributed by atoms with Gasteiger partial charge in [-0.25, -0.2) is 9.66 Å². The molecule has 3 heterocycles. The van der Waals surface area contributed by atoms with E-state index in [0.717, 1.165) is 33.1 Å². The molecule has 0 radical (unpaired) electrons. The van der Waals surface area contributed by atoms with Gasteiger partial charge in [0.15, 0.2) is 5.69 Å². The number of nitrogens with one attached hydrogen (secondary N) is 1. The van der Waals surface area contributed by atoms with Crippen LogP contribution < -0.4 is 11.0 Å². The maximum Gasteiger partial charge on any atom is 0.435 e. The zero-order valence-corrected chi connectivity index (χ0v) is 15.8. The van der Waals surface area contributed by atoms with Crippen LogP contribution in [0.2, 0.25) is 0 Å². The molecule has 3 aromatic rings. The molecular weight excluding hydrogens is 395 g/mol. The van der Waals surface area contributed by atoms with Crippen molar-refractivity contribution in [1.29, 1.82) is 0 Å². The summed E-state index contributed by atoms with van der Waals surface area (Å²) in [7, 11) is 0. The van der Waals surface area contributed by atoms with E-state index in [1.165, 1.54) is 11.3 Å². The Kier molecular flexibility index (Phi) is 4.29. The third-order valence-electron chi connectivity index (χ3n) is 4.48. The van der Waals surface area contributed by atoms with Crippen LogP contribution in [0.1, 0.15) is 40.8 Å². The fraction of sp³-hybridized carbons (Fsp3) is 0.412. The number of hydrogen-bond donors (Lipinski definition) is 1. The van der Waals surface area contributed by atoms with E-state index >= 15 is 0 Å². The van der Waals surface area contributed by atoms with Gasteiger partial charge in [-0.15, -0.1) is 11.3 Å². The number of carbonyl (C=O) groups excluding carboxylic acids is 1. The third-order valence-corrected chi connectivity index (χ3v) is 5.43. The Morgan fingerprint density at radius 2 is 2.04 bits per heavy atom. The highest BCUT2D eigenvalue weighted by atomic mass is 32.1. The maximum atomic E-state index is 13.0. The van der Waals surface area contributed by atoms with E-state index in [0.29, 0.717) is 15.9 Å². The standard InChI is InChI=1S/C17H16F3N5O2S/c1-8-5-11-15(28-8)21-9(2)25(16(11)27)23-14(26)7-24-12(10-3-4-10)6-13(22-24)17(18,19)20/h5-6,10H,3-4,7H2,1-2H3,(H,23,26). The number of amides is 1. The van der Waals surface area contributed by atoms with Gasteiger partial charge in [0.25, 0.3) is 11.5 Å². The number of hydrogen-bond acceptors (Lipinski definition) is 5. The molecule has 1 N–H and O–H groups in total. The van der Waals surface area contributed by atoms with Crippen molar-refractivity contribution in [2.75, 3.05) is 5.43 Å². The molecule has 11 heteroatoms. The second kappa shape index (κ2) is 6.43. The molecule has 0 bridgehead atoms. The van der Waals surface area contributed by atoms with Crippen LogP contribution in [0.4, 0.5) is 13.2 Å². The molecule has 0 unspecified atom stereocenters. The maximum absolute atomic E-state index is 13.0. The largest absolute Gasteiger partial charge is 0.435 e. The van der Waals surface area contributed by atoms with Crippen LogP contribution >= 0.6 is 11.3 Å². The van der Waals surface area contributed by atoms with Gasteiger partial charge in [-0.1, -0.05) is 0 Å². The number of nitrogens with zero attached hydrogens (tertiary/aromatic N) is 4. The molecule has 1 fully saturated rings. The number of carbonyl (C=O) groups is 1. The highest BCUT2D eigenvalue weighted by Crippen LogP contribution is 2.42. The van der Waals surface area contributed by atoms with Crippen molar-refractivity contribution in [2.24, 2.45) is 0 Å². The van der Waals surface area contributed by atoms with E-state index in [1.54, 1.807) is 13.0 Å². The zero-order chi connectivity index (χ0) is 20.2. The van der Waals surface area contributed by atoms with Crippen molar-refractivity contribution in [3.63, 3.8) is 0 Å². The van der Waals surface area contributed by atoms with Gasteiger partial charge in [0.1, 0.15) is 17.2 Å². The first-order valence-corrected chi connectivity index (χ1v) is 9.39. The lowest BCUT2D eigenvalue weighted by Crippen LogP contribution is -2.37. The number of aromatic nitrogens is 4. The lowest BCUT2D eigenvalue weighted by molar-refractivity contribution is -0.141. The second-order valence-electron chi connectivity index (χ2n) is 6.79. The van der Waals surface area contributed by atoms with Crippen LogP contribution in [0.5, 0.6) is 0 Å². The van der Waals surface area contributed by atoms with Gasteiger partial charge < -0.3 is 0 Å². The Hall–Kier alpha value is -2.69. The summed E-state index contributed by atoms with van der Waals surface area (Å²) in [4.78, 5) is 30.8. The normalized spacial score (nSPS) is 14.6. The Morgan fingerprint density at radius 3 is 2.68 bits per heavy atom. The molecule has 0 aliphatic heterocycles. The second-order valence-corrected chi connectivity index (χ2v) is 8.03. The SMILES string of the molecule is Cc1cc2c(=O)n(NC(=O)Cn3nc(C(F)(F)F)cc3C3CC3)c(C)nc2s1. The van der Waals surface area contributed by atoms with E-state index < -0.39 is 29.9 Å². The number of aryl methyl sites for hydroxylation is 2. The fourth-order valence-corrected chi connectivity index (χ4v) is 3.95. The first-order chi connectivity index (χ1) is 13.1. The van der Waals surface area contributed by atoms with Crippen molar-refractivity contribution in [3.8, 4) is 0 Å². The predicted octanol–water partition coefficient (Wildman–Crippen LogP) is 2.94. The molecule has 1 saturated carbocycles. The molecule has 7 nitrogen and oxygen atoms in total. The molecule has 1 amide bonds. The smallest absolute Gasteiger partial charge is 0.271 e. The van der Waals surface area contributed by atoms with Crippen LogP contribution in [0, 0.1) is 13.8 Å². The summed E-state index contributed by atoms with van der Waals surface area (Å²) in [6.07, 6.45) is -3.05. The number of thiophene rings is 1. The Morgan fingerprint density at radius 1 is 1.32 bits per heavy atom. The first-order valence-electron chi connectivity index (χ1n) is 8.58. The minimum Gasteiger partial charge on any atom is -0.271 e. The summed E-state index contributed by atoms with van der Waals surface area (Å²) < 4.78 is 41.0. The molecule has 1 aliphatic carbocycles. The van der Waals surface area contributed by atoms with Gasteiger partial charge in [-0.3, -0.25) is 19.7 Å². The molecule has 0 saturated heterocycles. The molecule has 0 atom stereocenters. The van der Waals surface area contributed by atoms with Gasteiger partial charge in [-0.2, -0.15) is 18.3 Å². The van der Waals surface area contributed by atoms with E-state index in [4.69, 9.17) is 0 Å². The molecule has 4 rings (SSSR count). The summed E-state index contributed by atoms with van der Waals surface area (Å²) in [6, 6.07) is 2.68. The molecule has 0 spiro atoms. The molecular formula is C17H16F3N5O2S. The topological polar surface area (TPSA) is 81.8 Å². The lowest BCUT2D eigenvalue weighted by atomic mass is 10.2. The number of rotatable bonds is 4. The van der Waals surface area contributed by atoms with Crippen molar-refractivity contribution in [2.45, 2.75) is 45.3 Å². The minimum absolute atomic E-state index is 0.0207. The Bertz CT molecular complexity index is 1140. The van der Waals surface area contributed by atoms with Gasteiger partial charge in [0.05, 0.1) is 5.39 Å². The summed E-state index contributed by atoms with van der Waals surface area (Å²) in [5.74, 6) is -0.392. The highest BCUT2D eigenvalue weighted by molar-refractivity contribution is 7.18. The van der Waals surface area contributed by atoms with Crippen molar-refractivity contribution in [1.82, 2.24) is 19.4 Å². The van der Waals surface area contributed by atoms with E-state index in [1.807, 2.05) is 6.92 Å².